The number of hydrogen-bond acceptors (Lipinski definition) is 4. The highest BCUT2D eigenvalue weighted by atomic mass is 16.3. The molecular formula is C9H13N3O. The van der Waals surface area contributed by atoms with Gasteiger partial charge in [0.25, 0.3) is 0 Å². The van der Waals surface area contributed by atoms with Crippen LogP contribution < -0.4 is 4.90 Å². The molecule has 1 aromatic heterocycles. The number of aliphatic hydroxyl groups is 1. The Hall–Kier alpha value is -1.16. The molecule has 1 fully saturated rings. The fourth-order valence-electron chi connectivity index (χ4n) is 1.66. The number of rotatable bonds is 1. The summed E-state index contributed by atoms with van der Waals surface area (Å²) in [5.41, 5.74) is 1.07. The van der Waals surface area contributed by atoms with Crippen molar-refractivity contribution in [2.45, 2.75) is 19.4 Å². The van der Waals surface area contributed by atoms with Gasteiger partial charge in [0, 0.05) is 24.8 Å². The van der Waals surface area contributed by atoms with Crippen LogP contribution in [-0.2, 0) is 0 Å². The minimum atomic E-state index is -0.200. The van der Waals surface area contributed by atoms with E-state index in [1.165, 1.54) is 0 Å². The van der Waals surface area contributed by atoms with Crippen LogP contribution in [0, 0.1) is 6.92 Å². The number of aliphatic hydroxyl groups excluding tert-OH is 1. The molecule has 2 heterocycles. The van der Waals surface area contributed by atoms with Gasteiger partial charge in [-0.3, -0.25) is 0 Å². The lowest BCUT2D eigenvalue weighted by Gasteiger charge is -2.17. The summed E-state index contributed by atoms with van der Waals surface area (Å²) >= 11 is 0. The Labute approximate surface area is 77.2 Å². The predicted octanol–water partition coefficient (Wildman–Crippen LogP) is 0.356. The summed E-state index contributed by atoms with van der Waals surface area (Å²) in [4.78, 5) is 10.2. The smallest absolute Gasteiger partial charge is 0.134 e. The number of hydrogen-bond donors (Lipinski definition) is 1. The number of aryl methyl sites for hydroxylation is 1. The summed E-state index contributed by atoms with van der Waals surface area (Å²) in [6, 6.07) is 0. The Bertz CT molecular complexity index is 303. The molecule has 1 aliphatic heterocycles. The zero-order chi connectivity index (χ0) is 9.26. The van der Waals surface area contributed by atoms with E-state index < -0.39 is 0 Å². The molecule has 13 heavy (non-hydrogen) atoms. The standard InChI is InChI=1S/C9H13N3O/c1-7-4-10-6-11-9(7)12-3-2-8(13)5-12/h4,6,8,13H,2-3,5H2,1H3. The molecular weight excluding hydrogens is 166 g/mol. The minimum absolute atomic E-state index is 0.200. The molecule has 0 spiro atoms. The molecule has 0 amide bonds. The van der Waals surface area contributed by atoms with Crippen LogP contribution in [0.1, 0.15) is 12.0 Å². The molecule has 0 aromatic carbocycles. The molecule has 0 aliphatic carbocycles. The summed E-state index contributed by atoms with van der Waals surface area (Å²) in [6.07, 6.45) is 3.98. The van der Waals surface area contributed by atoms with Crippen LogP contribution in [0.3, 0.4) is 0 Å². The van der Waals surface area contributed by atoms with Crippen LogP contribution in [-0.4, -0.2) is 34.3 Å². The van der Waals surface area contributed by atoms with Gasteiger partial charge in [-0.05, 0) is 13.3 Å². The molecule has 2 rings (SSSR count). The van der Waals surface area contributed by atoms with Crippen molar-refractivity contribution >= 4 is 5.82 Å². The molecule has 4 heteroatoms. The van der Waals surface area contributed by atoms with Crippen molar-refractivity contribution in [3.05, 3.63) is 18.1 Å². The first kappa shape index (κ1) is 8.44. The zero-order valence-electron chi connectivity index (χ0n) is 7.64. The Morgan fingerprint density at radius 3 is 3.08 bits per heavy atom. The predicted molar refractivity (Wildman–Crippen MR) is 49.6 cm³/mol. The van der Waals surface area contributed by atoms with Crippen LogP contribution in [0.4, 0.5) is 5.82 Å². The fraction of sp³-hybridized carbons (Fsp3) is 0.556. The van der Waals surface area contributed by atoms with Crippen LogP contribution >= 0.6 is 0 Å². The second-order valence-corrected chi connectivity index (χ2v) is 3.42. The molecule has 0 radical (unpaired) electrons. The van der Waals surface area contributed by atoms with Gasteiger partial charge in [0.15, 0.2) is 0 Å². The average molecular weight is 179 g/mol. The van der Waals surface area contributed by atoms with Gasteiger partial charge in [-0.25, -0.2) is 9.97 Å². The van der Waals surface area contributed by atoms with Crippen molar-refractivity contribution in [2.75, 3.05) is 18.0 Å². The van der Waals surface area contributed by atoms with Gasteiger partial charge in [0.05, 0.1) is 6.10 Å². The van der Waals surface area contributed by atoms with Crippen LogP contribution in [0.15, 0.2) is 12.5 Å². The molecule has 70 valence electrons. The van der Waals surface area contributed by atoms with Crippen molar-refractivity contribution in [2.24, 2.45) is 0 Å². The third-order valence-corrected chi connectivity index (χ3v) is 2.33. The maximum atomic E-state index is 9.37. The highest BCUT2D eigenvalue weighted by Crippen LogP contribution is 2.20. The summed E-state index contributed by atoms with van der Waals surface area (Å²) in [7, 11) is 0. The lowest BCUT2D eigenvalue weighted by Crippen LogP contribution is -2.23. The third kappa shape index (κ3) is 1.62. The molecule has 0 bridgehead atoms. The highest BCUT2D eigenvalue weighted by molar-refractivity contribution is 5.45. The van der Waals surface area contributed by atoms with E-state index in [1.807, 2.05) is 6.92 Å². The number of β-amino-alcohol motifs (C(OH)–C–C–N with tert-alkyl or cyclic N) is 1. The van der Waals surface area contributed by atoms with Gasteiger partial charge < -0.3 is 10.0 Å². The van der Waals surface area contributed by atoms with E-state index >= 15 is 0 Å². The lowest BCUT2D eigenvalue weighted by atomic mass is 10.3. The van der Waals surface area contributed by atoms with Crippen LogP contribution in [0.2, 0.25) is 0 Å². The molecule has 1 aliphatic rings. The maximum Gasteiger partial charge on any atom is 0.134 e. The van der Waals surface area contributed by atoms with E-state index in [1.54, 1.807) is 12.5 Å². The second-order valence-electron chi connectivity index (χ2n) is 3.42. The fourth-order valence-corrected chi connectivity index (χ4v) is 1.66. The first-order valence-electron chi connectivity index (χ1n) is 4.47. The highest BCUT2D eigenvalue weighted by Gasteiger charge is 2.22. The SMILES string of the molecule is Cc1cncnc1N1CCC(O)C1. The van der Waals surface area contributed by atoms with E-state index in [-0.39, 0.29) is 6.10 Å². The first-order valence-corrected chi connectivity index (χ1v) is 4.47. The summed E-state index contributed by atoms with van der Waals surface area (Å²) in [6.45, 7) is 3.57. The molecule has 1 N–H and O–H groups in total. The van der Waals surface area contributed by atoms with Gasteiger partial charge in [0.2, 0.25) is 0 Å². The Morgan fingerprint density at radius 1 is 1.62 bits per heavy atom. The number of aromatic nitrogens is 2. The van der Waals surface area contributed by atoms with E-state index in [4.69, 9.17) is 0 Å². The maximum absolute atomic E-state index is 9.37. The second kappa shape index (κ2) is 3.30. The van der Waals surface area contributed by atoms with E-state index in [0.717, 1.165) is 24.3 Å². The van der Waals surface area contributed by atoms with Crippen molar-refractivity contribution in [1.29, 1.82) is 0 Å². The Balaban J connectivity index is 2.21. The van der Waals surface area contributed by atoms with E-state index in [2.05, 4.69) is 14.9 Å². The van der Waals surface area contributed by atoms with Crippen molar-refractivity contribution in [3.63, 3.8) is 0 Å². The van der Waals surface area contributed by atoms with Gasteiger partial charge in [0.1, 0.15) is 12.1 Å². The molecule has 1 atom stereocenters. The molecule has 0 saturated carbocycles. The van der Waals surface area contributed by atoms with Gasteiger partial charge >= 0.3 is 0 Å². The number of anilines is 1. The Morgan fingerprint density at radius 2 is 2.46 bits per heavy atom. The van der Waals surface area contributed by atoms with E-state index in [9.17, 15) is 5.11 Å². The molecule has 1 unspecified atom stereocenters. The topological polar surface area (TPSA) is 49.2 Å². The van der Waals surface area contributed by atoms with Gasteiger partial charge in [-0.2, -0.15) is 0 Å². The summed E-state index contributed by atoms with van der Waals surface area (Å²) in [5, 5.41) is 9.37. The van der Waals surface area contributed by atoms with Crippen molar-refractivity contribution < 1.29 is 5.11 Å². The first-order chi connectivity index (χ1) is 6.27. The van der Waals surface area contributed by atoms with Gasteiger partial charge in [-0.1, -0.05) is 0 Å². The monoisotopic (exact) mass is 179 g/mol. The minimum Gasteiger partial charge on any atom is -0.391 e. The Kier molecular flexibility index (Phi) is 2.14. The normalized spacial score (nSPS) is 22.3. The van der Waals surface area contributed by atoms with Crippen LogP contribution in [0.5, 0.6) is 0 Å². The molecule has 4 nitrogen and oxygen atoms in total. The molecule has 1 aromatic rings. The largest absolute Gasteiger partial charge is 0.391 e. The third-order valence-electron chi connectivity index (χ3n) is 2.33. The summed E-state index contributed by atoms with van der Waals surface area (Å²) < 4.78 is 0. The quantitative estimate of drug-likeness (QED) is 0.676. The zero-order valence-corrected chi connectivity index (χ0v) is 7.64. The average Bonchev–Trinajstić information content (AvgIpc) is 2.53. The summed E-state index contributed by atoms with van der Waals surface area (Å²) in [5.74, 6) is 0.951. The lowest BCUT2D eigenvalue weighted by molar-refractivity contribution is 0.198. The van der Waals surface area contributed by atoms with E-state index in [0.29, 0.717) is 6.54 Å². The molecule has 1 saturated heterocycles. The number of nitrogens with zero attached hydrogens (tertiary/aromatic N) is 3. The van der Waals surface area contributed by atoms with Crippen LogP contribution in [0.25, 0.3) is 0 Å². The van der Waals surface area contributed by atoms with Gasteiger partial charge in [-0.15, -0.1) is 0 Å². The van der Waals surface area contributed by atoms with Crippen molar-refractivity contribution in [3.8, 4) is 0 Å². The van der Waals surface area contributed by atoms with Crippen molar-refractivity contribution in [1.82, 2.24) is 9.97 Å².